The average molecular weight is 334 g/mol. The first kappa shape index (κ1) is 17.7. The van der Waals surface area contributed by atoms with Gasteiger partial charge in [-0.2, -0.15) is 0 Å². The predicted molar refractivity (Wildman–Crippen MR) is 92.4 cm³/mol. The summed E-state index contributed by atoms with van der Waals surface area (Å²) in [5.74, 6) is 0.276. The van der Waals surface area contributed by atoms with Crippen LogP contribution >= 0.6 is 0 Å². The van der Waals surface area contributed by atoms with E-state index >= 15 is 0 Å². The van der Waals surface area contributed by atoms with E-state index in [9.17, 15) is 9.90 Å². The molecule has 0 aromatic heterocycles. The fraction of sp³-hybridized carbons (Fsp3) is 0.750. The van der Waals surface area contributed by atoms with Crippen LogP contribution in [0.25, 0.3) is 0 Å². The van der Waals surface area contributed by atoms with Gasteiger partial charge in [-0.3, -0.25) is 0 Å². The first-order valence-corrected chi connectivity index (χ1v) is 9.10. The molecule has 0 spiro atoms. The van der Waals surface area contributed by atoms with Gasteiger partial charge in [0.1, 0.15) is 5.60 Å². The largest absolute Gasteiger partial charge is 0.455 e. The molecule has 4 nitrogen and oxygen atoms in total. The second-order valence-electron chi connectivity index (χ2n) is 8.53. The summed E-state index contributed by atoms with van der Waals surface area (Å²) in [6.45, 7) is 10.4. The number of rotatable bonds is 1. The van der Waals surface area contributed by atoms with Crippen molar-refractivity contribution in [2.45, 2.75) is 83.7 Å². The molecule has 0 aromatic rings. The molecular weight excluding hydrogens is 304 g/mol. The third-order valence-corrected chi connectivity index (χ3v) is 5.97. The first-order valence-electron chi connectivity index (χ1n) is 9.10. The van der Waals surface area contributed by atoms with Gasteiger partial charge in [-0.25, -0.2) is 4.79 Å². The average Bonchev–Trinajstić information content (AvgIpc) is 3.03. The van der Waals surface area contributed by atoms with Gasteiger partial charge in [0.15, 0.2) is 0 Å². The van der Waals surface area contributed by atoms with Crippen molar-refractivity contribution in [3.05, 3.63) is 23.3 Å². The monoisotopic (exact) mass is 334 g/mol. The summed E-state index contributed by atoms with van der Waals surface area (Å²) in [6, 6.07) is 0. The SMILES string of the molecule is C/C1=C\[C@H](O)C[C@]2(C)O[C@H]2C[C@@]2(C)OC(=O)C=C(C(C)C)[C@@H]2CC1. The van der Waals surface area contributed by atoms with Gasteiger partial charge in [-0.15, -0.1) is 0 Å². The molecule has 3 aliphatic rings. The number of allylic oxidation sites excluding steroid dienone is 1. The molecule has 3 rings (SSSR count). The van der Waals surface area contributed by atoms with Crippen LogP contribution in [0.1, 0.15) is 60.3 Å². The summed E-state index contributed by atoms with van der Waals surface area (Å²) in [4.78, 5) is 12.2. The molecule has 0 bridgehead atoms. The van der Waals surface area contributed by atoms with Crippen LogP contribution in [0.2, 0.25) is 0 Å². The summed E-state index contributed by atoms with van der Waals surface area (Å²) in [7, 11) is 0. The number of hydrogen-bond donors (Lipinski definition) is 1. The molecular formula is C20H30O4. The van der Waals surface area contributed by atoms with E-state index in [1.807, 2.05) is 13.0 Å². The van der Waals surface area contributed by atoms with Crippen LogP contribution in [-0.4, -0.2) is 34.5 Å². The van der Waals surface area contributed by atoms with E-state index in [0.717, 1.165) is 12.8 Å². The van der Waals surface area contributed by atoms with Crippen molar-refractivity contribution in [2.75, 3.05) is 0 Å². The number of esters is 1. The topological polar surface area (TPSA) is 59.1 Å². The van der Waals surface area contributed by atoms with E-state index in [-0.39, 0.29) is 23.6 Å². The molecule has 4 heteroatoms. The molecule has 5 atom stereocenters. The van der Waals surface area contributed by atoms with E-state index in [2.05, 4.69) is 27.7 Å². The highest BCUT2D eigenvalue weighted by Crippen LogP contribution is 2.50. The Bertz CT molecular complexity index is 590. The standard InChI is InChI=1S/C20H30O4/c1-12(2)15-9-18(22)24-19(4)11-17-20(5,23-17)10-14(21)8-13(3)6-7-16(15)19/h8-9,12,14,16-17,21H,6-7,10-11H2,1-5H3/b13-8+/t14-,16-,17-,19+,20-/m0/s1. The molecule has 1 aliphatic carbocycles. The van der Waals surface area contributed by atoms with Gasteiger partial charge in [0.2, 0.25) is 0 Å². The molecule has 1 saturated heterocycles. The third kappa shape index (κ3) is 3.31. The Balaban J connectivity index is 1.96. The van der Waals surface area contributed by atoms with Crippen molar-refractivity contribution < 1.29 is 19.4 Å². The summed E-state index contributed by atoms with van der Waals surface area (Å²) < 4.78 is 11.8. The molecule has 0 radical (unpaired) electrons. The molecule has 0 aromatic carbocycles. The van der Waals surface area contributed by atoms with E-state index < -0.39 is 11.7 Å². The molecule has 1 N–H and O–H groups in total. The number of carbonyl (C=O) groups excluding carboxylic acids is 1. The maximum atomic E-state index is 12.2. The van der Waals surface area contributed by atoms with Crippen molar-refractivity contribution in [1.82, 2.24) is 0 Å². The maximum absolute atomic E-state index is 12.2. The maximum Gasteiger partial charge on any atom is 0.331 e. The number of epoxide rings is 1. The van der Waals surface area contributed by atoms with Gasteiger partial charge in [0.25, 0.3) is 0 Å². The van der Waals surface area contributed by atoms with Crippen molar-refractivity contribution in [1.29, 1.82) is 0 Å². The van der Waals surface area contributed by atoms with Crippen LogP contribution in [-0.2, 0) is 14.3 Å². The van der Waals surface area contributed by atoms with Gasteiger partial charge >= 0.3 is 5.97 Å². The predicted octanol–water partition coefficient (Wildman–Crippen LogP) is 3.54. The van der Waals surface area contributed by atoms with Crippen LogP contribution in [0.15, 0.2) is 23.3 Å². The number of fused-ring (bicyclic) bond motifs is 2. The van der Waals surface area contributed by atoms with E-state index in [1.54, 1.807) is 6.08 Å². The zero-order valence-electron chi connectivity index (χ0n) is 15.5. The zero-order valence-corrected chi connectivity index (χ0v) is 15.5. The fourth-order valence-corrected chi connectivity index (χ4v) is 4.50. The van der Waals surface area contributed by atoms with Gasteiger partial charge in [0, 0.05) is 24.8 Å². The minimum atomic E-state index is -0.538. The Morgan fingerprint density at radius 2 is 1.96 bits per heavy atom. The highest BCUT2D eigenvalue weighted by atomic mass is 16.6. The fourth-order valence-electron chi connectivity index (χ4n) is 4.50. The van der Waals surface area contributed by atoms with Gasteiger partial charge < -0.3 is 14.6 Å². The van der Waals surface area contributed by atoms with Gasteiger partial charge in [-0.05, 0) is 39.5 Å². The number of aliphatic hydroxyl groups excluding tert-OH is 1. The van der Waals surface area contributed by atoms with Crippen molar-refractivity contribution in [2.24, 2.45) is 11.8 Å². The highest BCUT2D eigenvalue weighted by Gasteiger charge is 2.58. The normalized spacial score (nSPS) is 45.1. The minimum Gasteiger partial charge on any atom is -0.455 e. The lowest BCUT2D eigenvalue weighted by Crippen LogP contribution is -2.46. The quantitative estimate of drug-likeness (QED) is 0.453. The second kappa shape index (κ2) is 5.99. The summed E-state index contributed by atoms with van der Waals surface area (Å²) in [5.41, 5.74) is 1.51. The lowest BCUT2D eigenvalue weighted by molar-refractivity contribution is -0.161. The molecule has 2 aliphatic heterocycles. The van der Waals surface area contributed by atoms with E-state index in [4.69, 9.17) is 9.47 Å². The smallest absolute Gasteiger partial charge is 0.331 e. The van der Waals surface area contributed by atoms with Gasteiger partial charge in [-0.1, -0.05) is 31.1 Å². The lowest BCUT2D eigenvalue weighted by atomic mass is 9.71. The van der Waals surface area contributed by atoms with Crippen LogP contribution in [0.3, 0.4) is 0 Å². The van der Waals surface area contributed by atoms with Crippen LogP contribution in [0, 0.1) is 11.8 Å². The summed E-state index contributed by atoms with van der Waals surface area (Å²) in [6.07, 6.45) is 6.32. The van der Waals surface area contributed by atoms with Crippen LogP contribution in [0.4, 0.5) is 0 Å². The van der Waals surface area contributed by atoms with Crippen molar-refractivity contribution >= 4 is 5.97 Å². The third-order valence-electron chi connectivity index (χ3n) is 5.97. The molecule has 24 heavy (non-hydrogen) atoms. The molecule has 0 amide bonds. The Morgan fingerprint density at radius 3 is 2.62 bits per heavy atom. The Kier molecular flexibility index (Phi) is 4.42. The van der Waals surface area contributed by atoms with Crippen LogP contribution < -0.4 is 0 Å². The van der Waals surface area contributed by atoms with Crippen molar-refractivity contribution in [3.8, 4) is 0 Å². The Hall–Kier alpha value is -1.13. The molecule has 134 valence electrons. The van der Waals surface area contributed by atoms with E-state index in [0.29, 0.717) is 18.8 Å². The first-order chi connectivity index (χ1) is 11.1. The Morgan fingerprint density at radius 1 is 1.25 bits per heavy atom. The molecule has 2 heterocycles. The number of hydrogen-bond acceptors (Lipinski definition) is 4. The minimum absolute atomic E-state index is 0.0331. The van der Waals surface area contributed by atoms with Crippen LogP contribution in [0.5, 0.6) is 0 Å². The number of ether oxygens (including phenoxy) is 2. The number of aliphatic hydroxyl groups is 1. The van der Waals surface area contributed by atoms with Crippen molar-refractivity contribution in [3.63, 3.8) is 0 Å². The van der Waals surface area contributed by atoms with E-state index in [1.165, 1.54) is 11.1 Å². The van der Waals surface area contributed by atoms with Gasteiger partial charge in [0.05, 0.1) is 17.8 Å². The molecule has 0 saturated carbocycles. The summed E-state index contributed by atoms with van der Waals surface area (Å²) in [5, 5.41) is 10.3. The summed E-state index contributed by atoms with van der Waals surface area (Å²) >= 11 is 0. The molecule has 0 unspecified atom stereocenters. The number of carbonyl (C=O) groups is 1. The second-order valence-corrected chi connectivity index (χ2v) is 8.53. The highest BCUT2D eigenvalue weighted by molar-refractivity contribution is 5.84. The molecule has 1 fully saturated rings. The Labute approximate surface area is 144 Å². The zero-order chi connectivity index (χ0) is 17.7. The lowest BCUT2D eigenvalue weighted by Gasteiger charge is -2.42.